The van der Waals surface area contributed by atoms with E-state index in [2.05, 4.69) is 18.6 Å². The van der Waals surface area contributed by atoms with Gasteiger partial charge in [-0.2, -0.15) is 0 Å². The number of ether oxygens (including phenoxy) is 1. The SMILES string of the molecule is COC(=O)C[C@@H]1CC(=O)CC(C)(C)C1. The summed E-state index contributed by atoms with van der Waals surface area (Å²) < 4.78 is 4.61. The Labute approximate surface area is 84.8 Å². The second-order valence-corrected chi connectivity index (χ2v) is 4.93. The summed E-state index contributed by atoms with van der Waals surface area (Å²) in [5.41, 5.74) is 0.0496. The van der Waals surface area contributed by atoms with Gasteiger partial charge < -0.3 is 4.74 Å². The van der Waals surface area contributed by atoms with Crippen LogP contribution in [0.3, 0.4) is 0 Å². The van der Waals surface area contributed by atoms with Crippen molar-refractivity contribution in [1.82, 2.24) is 0 Å². The zero-order valence-electron chi connectivity index (χ0n) is 9.13. The van der Waals surface area contributed by atoms with Gasteiger partial charge in [0.15, 0.2) is 0 Å². The maximum atomic E-state index is 11.4. The lowest BCUT2D eigenvalue weighted by Gasteiger charge is -2.33. The van der Waals surface area contributed by atoms with E-state index in [4.69, 9.17) is 0 Å². The van der Waals surface area contributed by atoms with Gasteiger partial charge in [0.05, 0.1) is 7.11 Å². The van der Waals surface area contributed by atoms with E-state index in [9.17, 15) is 9.59 Å². The molecule has 0 aromatic rings. The van der Waals surface area contributed by atoms with E-state index in [0.717, 1.165) is 6.42 Å². The second kappa shape index (κ2) is 4.11. The highest BCUT2D eigenvalue weighted by Gasteiger charge is 2.33. The third-order valence-corrected chi connectivity index (χ3v) is 2.72. The van der Waals surface area contributed by atoms with Crippen molar-refractivity contribution in [3.05, 3.63) is 0 Å². The third-order valence-electron chi connectivity index (χ3n) is 2.72. The van der Waals surface area contributed by atoms with Crippen LogP contribution in [0.5, 0.6) is 0 Å². The lowest BCUT2D eigenvalue weighted by Crippen LogP contribution is -2.30. The van der Waals surface area contributed by atoms with Crippen molar-refractivity contribution in [2.75, 3.05) is 7.11 Å². The lowest BCUT2D eigenvalue weighted by atomic mass is 9.71. The van der Waals surface area contributed by atoms with Crippen molar-refractivity contribution in [3.63, 3.8) is 0 Å². The first-order valence-corrected chi connectivity index (χ1v) is 5.01. The maximum absolute atomic E-state index is 11.4. The molecule has 3 heteroatoms. The van der Waals surface area contributed by atoms with Gasteiger partial charge in [0.2, 0.25) is 0 Å². The molecule has 1 aliphatic carbocycles. The third kappa shape index (κ3) is 3.13. The Morgan fingerprint density at radius 1 is 1.57 bits per heavy atom. The molecule has 0 N–H and O–H groups in total. The highest BCUT2D eigenvalue weighted by atomic mass is 16.5. The number of carbonyl (C=O) groups is 2. The van der Waals surface area contributed by atoms with E-state index < -0.39 is 0 Å². The highest BCUT2D eigenvalue weighted by molar-refractivity contribution is 5.81. The average Bonchev–Trinajstić information content (AvgIpc) is 1.99. The summed E-state index contributed by atoms with van der Waals surface area (Å²) in [6.45, 7) is 4.16. The fraction of sp³-hybridized carbons (Fsp3) is 0.818. The zero-order valence-corrected chi connectivity index (χ0v) is 9.13. The molecular weight excluding hydrogens is 180 g/mol. The predicted octanol–water partition coefficient (Wildman–Crippen LogP) is 1.94. The molecule has 0 aliphatic heterocycles. The quantitative estimate of drug-likeness (QED) is 0.637. The fourth-order valence-corrected chi connectivity index (χ4v) is 2.32. The predicted molar refractivity (Wildman–Crippen MR) is 52.8 cm³/mol. The molecular formula is C11H18O3. The molecule has 3 nitrogen and oxygen atoms in total. The molecule has 0 unspecified atom stereocenters. The molecule has 1 atom stereocenters. The van der Waals surface area contributed by atoms with Crippen LogP contribution in [-0.2, 0) is 14.3 Å². The molecule has 0 amide bonds. The molecule has 0 aromatic heterocycles. The maximum Gasteiger partial charge on any atom is 0.305 e. The zero-order chi connectivity index (χ0) is 10.8. The van der Waals surface area contributed by atoms with Crippen LogP contribution in [0.1, 0.15) is 39.5 Å². The molecule has 1 rings (SSSR count). The number of hydrogen-bond acceptors (Lipinski definition) is 3. The molecule has 0 aromatic carbocycles. The lowest BCUT2D eigenvalue weighted by molar-refractivity contribution is -0.142. The van der Waals surface area contributed by atoms with Crippen molar-refractivity contribution in [3.8, 4) is 0 Å². The number of methoxy groups -OCH3 is 1. The summed E-state index contributed by atoms with van der Waals surface area (Å²) >= 11 is 0. The van der Waals surface area contributed by atoms with Crippen LogP contribution in [0, 0.1) is 11.3 Å². The Morgan fingerprint density at radius 3 is 2.71 bits per heavy atom. The number of esters is 1. The number of rotatable bonds is 2. The second-order valence-electron chi connectivity index (χ2n) is 4.93. The number of hydrogen-bond donors (Lipinski definition) is 0. The van der Waals surface area contributed by atoms with Crippen LogP contribution in [-0.4, -0.2) is 18.9 Å². The Bertz CT molecular complexity index is 243. The Hall–Kier alpha value is -0.860. The van der Waals surface area contributed by atoms with Gasteiger partial charge >= 0.3 is 5.97 Å². The topological polar surface area (TPSA) is 43.4 Å². The van der Waals surface area contributed by atoms with Crippen LogP contribution in [0.25, 0.3) is 0 Å². The summed E-state index contributed by atoms with van der Waals surface area (Å²) in [4.78, 5) is 22.5. The van der Waals surface area contributed by atoms with Gasteiger partial charge in [-0.25, -0.2) is 0 Å². The molecule has 0 saturated heterocycles. The largest absolute Gasteiger partial charge is 0.469 e. The monoisotopic (exact) mass is 198 g/mol. The molecule has 0 heterocycles. The van der Waals surface area contributed by atoms with E-state index >= 15 is 0 Å². The van der Waals surface area contributed by atoms with E-state index in [-0.39, 0.29) is 23.1 Å². The first-order chi connectivity index (χ1) is 6.43. The van der Waals surface area contributed by atoms with Gasteiger partial charge in [0.1, 0.15) is 5.78 Å². The highest BCUT2D eigenvalue weighted by Crippen LogP contribution is 2.38. The van der Waals surface area contributed by atoms with Crippen molar-refractivity contribution >= 4 is 11.8 Å². The number of carbonyl (C=O) groups excluding carboxylic acids is 2. The van der Waals surface area contributed by atoms with Gasteiger partial charge in [-0.05, 0) is 17.8 Å². The summed E-state index contributed by atoms with van der Waals surface area (Å²) in [6, 6.07) is 0. The van der Waals surface area contributed by atoms with Crippen molar-refractivity contribution in [2.45, 2.75) is 39.5 Å². The number of ketones is 1. The van der Waals surface area contributed by atoms with Crippen molar-refractivity contribution in [1.29, 1.82) is 0 Å². The molecule has 1 saturated carbocycles. The molecule has 14 heavy (non-hydrogen) atoms. The van der Waals surface area contributed by atoms with Gasteiger partial charge in [-0.15, -0.1) is 0 Å². The molecule has 0 bridgehead atoms. The summed E-state index contributed by atoms with van der Waals surface area (Å²) in [7, 11) is 1.39. The molecule has 1 aliphatic rings. The van der Waals surface area contributed by atoms with E-state index in [1.807, 2.05) is 0 Å². The van der Waals surface area contributed by atoms with Crippen LogP contribution >= 0.6 is 0 Å². The number of Topliss-reactive ketones (excluding diaryl/α,β-unsaturated/α-hetero) is 1. The first-order valence-electron chi connectivity index (χ1n) is 5.01. The van der Waals surface area contributed by atoms with Crippen LogP contribution in [0.15, 0.2) is 0 Å². The fourth-order valence-electron chi connectivity index (χ4n) is 2.32. The Balaban J connectivity index is 2.54. The first kappa shape index (κ1) is 11.2. The van der Waals surface area contributed by atoms with Crippen molar-refractivity contribution < 1.29 is 14.3 Å². The standard InChI is InChI=1S/C11H18O3/c1-11(2)6-8(4-9(12)7-11)5-10(13)14-3/h8H,4-7H2,1-3H3/t8-/m0/s1. The average molecular weight is 198 g/mol. The van der Waals surface area contributed by atoms with Crippen LogP contribution in [0.4, 0.5) is 0 Å². The summed E-state index contributed by atoms with van der Waals surface area (Å²) in [6.07, 6.45) is 2.50. The minimum atomic E-state index is -0.208. The van der Waals surface area contributed by atoms with E-state index in [1.165, 1.54) is 7.11 Å². The Morgan fingerprint density at radius 2 is 2.21 bits per heavy atom. The molecule has 80 valence electrons. The van der Waals surface area contributed by atoms with Gasteiger partial charge in [-0.3, -0.25) is 9.59 Å². The van der Waals surface area contributed by atoms with Crippen molar-refractivity contribution in [2.24, 2.45) is 11.3 Å². The van der Waals surface area contributed by atoms with E-state index in [0.29, 0.717) is 19.3 Å². The van der Waals surface area contributed by atoms with E-state index in [1.54, 1.807) is 0 Å². The normalized spacial score (nSPS) is 25.9. The van der Waals surface area contributed by atoms with Gasteiger partial charge in [0, 0.05) is 19.3 Å². The summed E-state index contributed by atoms with van der Waals surface area (Å²) in [5, 5.41) is 0. The van der Waals surface area contributed by atoms with Gasteiger partial charge in [0.25, 0.3) is 0 Å². The van der Waals surface area contributed by atoms with Gasteiger partial charge in [-0.1, -0.05) is 13.8 Å². The Kier molecular flexibility index (Phi) is 3.29. The summed E-state index contributed by atoms with van der Waals surface area (Å²) in [5.74, 6) is 0.245. The van der Waals surface area contributed by atoms with Crippen LogP contribution in [0.2, 0.25) is 0 Å². The van der Waals surface area contributed by atoms with Crippen LogP contribution < -0.4 is 0 Å². The molecule has 1 fully saturated rings. The molecule has 0 radical (unpaired) electrons. The minimum absolute atomic E-state index is 0.0496. The minimum Gasteiger partial charge on any atom is -0.469 e. The molecule has 0 spiro atoms. The smallest absolute Gasteiger partial charge is 0.305 e.